The number of amides is 1. The second kappa shape index (κ2) is 6.91. The van der Waals surface area contributed by atoms with E-state index in [1.54, 1.807) is 0 Å². The molecule has 3 aromatic rings. The van der Waals surface area contributed by atoms with Gasteiger partial charge in [-0.2, -0.15) is 0 Å². The lowest BCUT2D eigenvalue weighted by Gasteiger charge is -2.26. The van der Waals surface area contributed by atoms with Gasteiger partial charge in [0, 0.05) is 30.9 Å². The summed E-state index contributed by atoms with van der Waals surface area (Å²) in [6.07, 6.45) is 4.17. The molecule has 1 aliphatic carbocycles. The van der Waals surface area contributed by atoms with E-state index < -0.39 is 0 Å². The van der Waals surface area contributed by atoms with Crippen LogP contribution in [0.1, 0.15) is 28.8 Å². The Kier molecular flexibility index (Phi) is 4.24. The number of rotatable bonds is 4. The van der Waals surface area contributed by atoms with Crippen LogP contribution in [0.4, 0.5) is 5.95 Å². The predicted octanol–water partition coefficient (Wildman–Crippen LogP) is 2.43. The average molecular weight is 377 g/mol. The van der Waals surface area contributed by atoms with Crippen LogP contribution in [0, 0.1) is 6.92 Å². The molecule has 0 atom stereocenters. The molecule has 2 aromatic heterocycles. The Morgan fingerprint density at radius 1 is 1.14 bits per heavy atom. The van der Waals surface area contributed by atoms with Crippen LogP contribution in [0.5, 0.6) is 0 Å². The third kappa shape index (κ3) is 3.22. The first kappa shape index (κ1) is 17.2. The minimum absolute atomic E-state index is 0.00177. The summed E-state index contributed by atoms with van der Waals surface area (Å²) in [5, 5.41) is 11.8. The fraction of sp³-hybridized carbons (Fsp3) is 0.381. The van der Waals surface area contributed by atoms with Gasteiger partial charge in [0.25, 0.3) is 5.91 Å². The van der Waals surface area contributed by atoms with Gasteiger partial charge in [-0.1, -0.05) is 6.07 Å². The first-order valence-electron chi connectivity index (χ1n) is 9.78. The number of nitrogens with one attached hydrogen (secondary N) is 1. The number of carbonyl (C=O) groups excluding carboxylic acids is 1. The Labute approximate surface area is 163 Å². The van der Waals surface area contributed by atoms with Crippen LogP contribution >= 0.6 is 0 Å². The van der Waals surface area contributed by atoms with Gasteiger partial charge in [-0.3, -0.25) is 9.20 Å². The number of carbonyl (C=O) groups is 1. The van der Waals surface area contributed by atoms with E-state index >= 15 is 0 Å². The lowest BCUT2D eigenvalue weighted by molar-refractivity contribution is 0.0951. The van der Waals surface area contributed by atoms with Crippen LogP contribution in [0.25, 0.3) is 16.8 Å². The molecule has 1 saturated carbocycles. The molecule has 2 aliphatic rings. The largest absolute Gasteiger partial charge is 0.378 e. The molecular formula is C21H23N5O2. The zero-order valence-corrected chi connectivity index (χ0v) is 15.9. The van der Waals surface area contributed by atoms with E-state index in [0.717, 1.165) is 54.2 Å². The molecule has 1 aliphatic heterocycles. The highest BCUT2D eigenvalue weighted by molar-refractivity contribution is 5.96. The molecule has 0 bridgehead atoms. The van der Waals surface area contributed by atoms with Crippen LogP contribution < -0.4 is 10.2 Å². The number of pyridine rings is 1. The second-order valence-electron chi connectivity index (χ2n) is 7.52. The molecular weight excluding hydrogens is 354 g/mol. The fourth-order valence-electron chi connectivity index (χ4n) is 3.60. The van der Waals surface area contributed by atoms with Crippen molar-refractivity contribution in [2.45, 2.75) is 25.8 Å². The van der Waals surface area contributed by atoms with Crippen LogP contribution in [0.2, 0.25) is 0 Å². The van der Waals surface area contributed by atoms with Gasteiger partial charge in [0.05, 0.1) is 13.2 Å². The van der Waals surface area contributed by atoms with Gasteiger partial charge >= 0.3 is 0 Å². The van der Waals surface area contributed by atoms with Crippen molar-refractivity contribution in [3.8, 4) is 11.1 Å². The average Bonchev–Trinajstić information content (AvgIpc) is 3.44. The first-order valence-corrected chi connectivity index (χ1v) is 9.78. The Morgan fingerprint density at radius 3 is 2.75 bits per heavy atom. The van der Waals surface area contributed by atoms with Crippen molar-refractivity contribution in [1.29, 1.82) is 0 Å². The van der Waals surface area contributed by atoms with Crippen molar-refractivity contribution < 1.29 is 9.53 Å². The molecule has 1 aromatic carbocycles. The SMILES string of the molecule is Cc1ccc(C(=O)NC2CC2)cc1-c1ccn2c(N3CCOCC3)nnc2c1. The predicted molar refractivity (Wildman–Crippen MR) is 107 cm³/mol. The number of hydrogen-bond acceptors (Lipinski definition) is 5. The molecule has 0 radical (unpaired) electrons. The number of benzene rings is 1. The normalized spacial score (nSPS) is 17.1. The lowest BCUT2D eigenvalue weighted by Crippen LogP contribution is -2.37. The number of ether oxygens (including phenoxy) is 1. The number of aryl methyl sites for hydroxylation is 1. The van der Waals surface area contributed by atoms with Crippen LogP contribution in [-0.2, 0) is 4.74 Å². The first-order chi connectivity index (χ1) is 13.7. The highest BCUT2D eigenvalue weighted by atomic mass is 16.5. The summed E-state index contributed by atoms with van der Waals surface area (Å²) >= 11 is 0. The summed E-state index contributed by atoms with van der Waals surface area (Å²) in [6.45, 7) is 5.12. The van der Waals surface area contributed by atoms with Gasteiger partial charge in [0.2, 0.25) is 5.95 Å². The molecule has 5 rings (SSSR count). The highest BCUT2D eigenvalue weighted by Crippen LogP contribution is 2.27. The fourth-order valence-corrected chi connectivity index (χ4v) is 3.60. The van der Waals surface area contributed by atoms with Gasteiger partial charge in [-0.25, -0.2) is 0 Å². The molecule has 144 valence electrons. The summed E-state index contributed by atoms with van der Waals surface area (Å²) in [6, 6.07) is 10.3. The summed E-state index contributed by atoms with van der Waals surface area (Å²) in [5.74, 6) is 0.848. The number of nitrogens with zero attached hydrogens (tertiary/aromatic N) is 4. The summed E-state index contributed by atoms with van der Waals surface area (Å²) in [4.78, 5) is 14.6. The smallest absolute Gasteiger partial charge is 0.251 e. The quantitative estimate of drug-likeness (QED) is 0.756. The molecule has 1 N–H and O–H groups in total. The van der Waals surface area contributed by atoms with E-state index in [2.05, 4.69) is 33.4 Å². The van der Waals surface area contributed by atoms with E-state index in [9.17, 15) is 4.79 Å². The van der Waals surface area contributed by atoms with Crippen molar-refractivity contribution in [3.63, 3.8) is 0 Å². The van der Waals surface area contributed by atoms with Crippen molar-refractivity contribution in [2.24, 2.45) is 0 Å². The standard InChI is InChI=1S/C21H23N5O2/c1-14-2-3-16(20(27)22-17-4-5-17)12-18(14)15-6-7-26-19(13-15)23-24-21(26)25-8-10-28-11-9-25/h2-3,6-7,12-13,17H,4-5,8-11H2,1H3,(H,22,27). The number of fused-ring (bicyclic) bond motifs is 1. The van der Waals surface area contributed by atoms with Crippen molar-refractivity contribution in [1.82, 2.24) is 19.9 Å². The summed E-state index contributed by atoms with van der Waals surface area (Å²) < 4.78 is 7.43. The molecule has 2 fully saturated rings. The van der Waals surface area contributed by atoms with Crippen molar-refractivity contribution >= 4 is 17.5 Å². The van der Waals surface area contributed by atoms with E-state index in [0.29, 0.717) is 24.8 Å². The van der Waals surface area contributed by atoms with Gasteiger partial charge < -0.3 is 15.0 Å². The maximum Gasteiger partial charge on any atom is 0.251 e. The Morgan fingerprint density at radius 2 is 1.96 bits per heavy atom. The van der Waals surface area contributed by atoms with Crippen LogP contribution in [0.15, 0.2) is 36.5 Å². The van der Waals surface area contributed by atoms with Crippen molar-refractivity contribution in [2.75, 3.05) is 31.2 Å². The van der Waals surface area contributed by atoms with Gasteiger partial charge in [-0.15, -0.1) is 10.2 Å². The zero-order chi connectivity index (χ0) is 19.1. The minimum Gasteiger partial charge on any atom is -0.378 e. The van der Waals surface area contributed by atoms with Crippen LogP contribution in [0.3, 0.4) is 0 Å². The molecule has 3 heterocycles. The number of hydrogen-bond donors (Lipinski definition) is 1. The topological polar surface area (TPSA) is 71.8 Å². The van der Waals surface area contributed by atoms with Gasteiger partial charge in [0.15, 0.2) is 5.65 Å². The third-order valence-corrected chi connectivity index (χ3v) is 5.41. The minimum atomic E-state index is 0.00177. The summed E-state index contributed by atoms with van der Waals surface area (Å²) in [7, 11) is 0. The molecule has 0 unspecified atom stereocenters. The van der Waals surface area contributed by atoms with Crippen molar-refractivity contribution in [3.05, 3.63) is 47.7 Å². The molecule has 7 heteroatoms. The Balaban J connectivity index is 1.48. The monoisotopic (exact) mass is 377 g/mol. The second-order valence-corrected chi connectivity index (χ2v) is 7.52. The van der Waals surface area contributed by atoms with E-state index in [-0.39, 0.29) is 5.91 Å². The Bertz CT molecular complexity index is 1030. The maximum atomic E-state index is 12.4. The molecule has 0 spiro atoms. The maximum absolute atomic E-state index is 12.4. The molecule has 1 amide bonds. The molecule has 1 saturated heterocycles. The van der Waals surface area contributed by atoms with E-state index in [4.69, 9.17) is 4.74 Å². The molecule has 7 nitrogen and oxygen atoms in total. The van der Waals surface area contributed by atoms with E-state index in [1.165, 1.54) is 0 Å². The number of morpholine rings is 1. The third-order valence-electron chi connectivity index (χ3n) is 5.41. The van der Waals surface area contributed by atoms with E-state index in [1.807, 2.05) is 34.9 Å². The molecule has 28 heavy (non-hydrogen) atoms. The van der Waals surface area contributed by atoms with Crippen LogP contribution in [-0.4, -0.2) is 52.9 Å². The van der Waals surface area contributed by atoms with Gasteiger partial charge in [0.1, 0.15) is 0 Å². The summed E-state index contributed by atoms with van der Waals surface area (Å²) in [5.41, 5.74) is 4.70. The number of aromatic nitrogens is 3. The zero-order valence-electron chi connectivity index (χ0n) is 15.9. The van der Waals surface area contributed by atoms with Gasteiger partial charge in [-0.05, 0) is 60.7 Å². The highest BCUT2D eigenvalue weighted by Gasteiger charge is 2.24. The lowest BCUT2D eigenvalue weighted by atomic mass is 9.98. The Hall–Kier alpha value is -2.93. The number of anilines is 1.